The molecule has 0 bridgehead atoms. The number of hydrogen-bond acceptors (Lipinski definition) is 3. The Bertz CT molecular complexity index is 174. The van der Waals surface area contributed by atoms with Crippen LogP contribution in [0.2, 0.25) is 0 Å². The van der Waals surface area contributed by atoms with Crippen molar-refractivity contribution < 1.29 is 14.3 Å². The summed E-state index contributed by atoms with van der Waals surface area (Å²) >= 11 is 0. The van der Waals surface area contributed by atoms with Gasteiger partial charge in [0.15, 0.2) is 0 Å². The van der Waals surface area contributed by atoms with Gasteiger partial charge in [-0.15, -0.1) is 0 Å². The third kappa shape index (κ3) is 4.07. The zero-order valence-corrected chi connectivity index (χ0v) is 9.72. The number of ether oxygens (including phenoxy) is 2. The minimum absolute atomic E-state index is 0.0859. The highest BCUT2D eigenvalue weighted by atomic mass is 16.7. The van der Waals surface area contributed by atoms with Crippen LogP contribution in [0.3, 0.4) is 0 Å². The first kappa shape index (κ1) is 13.4. The highest BCUT2D eigenvalue weighted by Crippen LogP contribution is 2.12. The first-order chi connectivity index (χ1) is 6.46. The lowest BCUT2D eigenvalue weighted by Crippen LogP contribution is -2.50. The Balaban J connectivity index is 4.38. The van der Waals surface area contributed by atoms with Crippen molar-refractivity contribution in [2.75, 3.05) is 13.2 Å². The molecule has 0 atom stereocenters. The van der Waals surface area contributed by atoms with E-state index in [0.717, 1.165) is 0 Å². The fourth-order valence-corrected chi connectivity index (χ4v) is 1.12. The molecule has 0 aliphatic carbocycles. The molecule has 0 aromatic carbocycles. The van der Waals surface area contributed by atoms with E-state index in [1.807, 2.05) is 27.7 Å². The second-order valence-corrected chi connectivity index (χ2v) is 3.44. The third-order valence-electron chi connectivity index (χ3n) is 1.67. The molecule has 0 unspecified atom stereocenters. The Hall–Kier alpha value is -0.610. The molecule has 0 aromatic heterocycles. The van der Waals surface area contributed by atoms with E-state index < -0.39 is 5.79 Å². The zero-order chi connectivity index (χ0) is 11.2. The number of amides is 1. The van der Waals surface area contributed by atoms with E-state index in [-0.39, 0.29) is 11.9 Å². The van der Waals surface area contributed by atoms with Crippen LogP contribution >= 0.6 is 0 Å². The first-order valence-electron chi connectivity index (χ1n) is 5.05. The van der Waals surface area contributed by atoms with E-state index >= 15 is 0 Å². The van der Waals surface area contributed by atoms with Gasteiger partial charge >= 0.3 is 0 Å². The second kappa shape index (κ2) is 5.98. The fourth-order valence-electron chi connectivity index (χ4n) is 1.12. The molecule has 0 heterocycles. The Labute approximate surface area is 86.0 Å². The lowest BCUT2D eigenvalue weighted by Gasteiger charge is -2.28. The van der Waals surface area contributed by atoms with E-state index in [9.17, 15) is 4.79 Å². The molecule has 4 heteroatoms. The largest absolute Gasteiger partial charge is 0.349 e. The molecule has 14 heavy (non-hydrogen) atoms. The summed E-state index contributed by atoms with van der Waals surface area (Å²) in [5.41, 5.74) is 0. The lowest BCUT2D eigenvalue weighted by atomic mass is 10.2. The van der Waals surface area contributed by atoms with Crippen LogP contribution in [0.1, 0.15) is 34.6 Å². The van der Waals surface area contributed by atoms with Crippen molar-refractivity contribution in [3.05, 3.63) is 0 Å². The Kier molecular flexibility index (Phi) is 5.72. The monoisotopic (exact) mass is 203 g/mol. The summed E-state index contributed by atoms with van der Waals surface area (Å²) in [7, 11) is 0. The van der Waals surface area contributed by atoms with E-state index in [2.05, 4.69) is 5.32 Å². The molecule has 0 radical (unpaired) electrons. The molecule has 4 nitrogen and oxygen atoms in total. The van der Waals surface area contributed by atoms with Gasteiger partial charge in [-0.05, 0) is 34.6 Å². The van der Waals surface area contributed by atoms with Crippen LogP contribution in [0.15, 0.2) is 0 Å². The molecule has 0 saturated heterocycles. The summed E-state index contributed by atoms with van der Waals surface area (Å²) in [5.74, 6) is -1.38. The normalized spacial score (nSPS) is 11.9. The maximum atomic E-state index is 11.7. The Morgan fingerprint density at radius 3 is 2.00 bits per heavy atom. The van der Waals surface area contributed by atoms with Crippen molar-refractivity contribution in [3.8, 4) is 0 Å². The van der Waals surface area contributed by atoms with Crippen LogP contribution in [-0.4, -0.2) is 30.9 Å². The molecule has 0 aliphatic heterocycles. The van der Waals surface area contributed by atoms with E-state index in [4.69, 9.17) is 9.47 Å². The second-order valence-electron chi connectivity index (χ2n) is 3.44. The number of rotatable bonds is 6. The Morgan fingerprint density at radius 1 is 1.29 bits per heavy atom. The highest BCUT2D eigenvalue weighted by Gasteiger charge is 2.34. The minimum atomic E-state index is -1.16. The van der Waals surface area contributed by atoms with Gasteiger partial charge in [-0.25, -0.2) is 0 Å². The molecule has 0 aliphatic rings. The molecule has 0 rings (SSSR count). The number of nitrogens with one attached hydrogen (secondary N) is 1. The van der Waals surface area contributed by atoms with Crippen molar-refractivity contribution in [2.24, 2.45) is 0 Å². The number of hydrogen-bond donors (Lipinski definition) is 1. The zero-order valence-electron chi connectivity index (χ0n) is 9.72. The maximum absolute atomic E-state index is 11.7. The van der Waals surface area contributed by atoms with Crippen LogP contribution in [-0.2, 0) is 14.3 Å². The quantitative estimate of drug-likeness (QED) is 0.662. The van der Waals surface area contributed by atoms with E-state index in [1.165, 1.54) is 0 Å². The summed E-state index contributed by atoms with van der Waals surface area (Å²) in [5, 5.41) is 2.76. The van der Waals surface area contributed by atoms with Crippen LogP contribution in [0.5, 0.6) is 0 Å². The molecular weight excluding hydrogens is 182 g/mol. The van der Waals surface area contributed by atoms with Crippen LogP contribution in [0.4, 0.5) is 0 Å². The number of carbonyl (C=O) groups is 1. The predicted molar refractivity (Wildman–Crippen MR) is 54.9 cm³/mol. The van der Waals surface area contributed by atoms with Crippen LogP contribution in [0.25, 0.3) is 0 Å². The molecule has 0 fully saturated rings. The predicted octanol–water partition coefficient (Wildman–Crippen LogP) is 1.30. The van der Waals surface area contributed by atoms with Gasteiger partial charge in [0, 0.05) is 19.3 Å². The van der Waals surface area contributed by atoms with Crippen molar-refractivity contribution in [2.45, 2.75) is 46.4 Å². The van der Waals surface area contributed by atoms with Gasteiger partial charge in [0.1, 0.15) is 0 Å². The van der Waals surface area contributed by atoms with Gasteiger partial charge in [-0.1, -0.05) is 0 Å². The fraction of sp³-hybridized carbons (Fsp3) is 0.900. The molecular formula is C10H21NO3. The maximum Gasteiger partial charge on any atom is 0.280 e. The van der Waals surface area contributed by atoms with Gasteiger partial charge in [0.2, 0.25) is 5.79 Å². The average molecular weight is 203 g/mol. The van der Waals surface area contributed by atoms with Crippen molar-refractivity contribution >= 4 is 5.91 Å². The van der Waals surface area contributed by atoms with Gasteiger partial charge in [0.25, 0.3) is 5.91 Å². The molecule has 0 spiro atoms. The minimum Gasteiger partial charge on any atom is -0.349 e. The highest BCUT2D eigenvalue weighted by molar-refractivity contribution is 5.83. The molecule has 0 saturated carbocycles. The topological polar surface area (TPSA) is 47.6 Å². The summed E-state index contributed by atoms with van der Waals surface area (Å²) < 4.78 is 10.6. The molecule has 84 valence electrons. The first-order valence-corrected chi connectivity index (χ1v) is 5.05. The molecule has 1 N–H and O–H groups in total. The van der Waals surface area contributed by atoms with Gasteiger partial charge < -0.3 is 14.8 Å². The van der Waals surface area contributed by atoms with E-state index in [1.54, 1.807) is 6.92 Å². The van der Waals surface area contributed by atoms with Gasteiger partial charge in [-0.3, -0.25) is 4.79 Å². The molecule has 1 amide bonds. The SMILES string of the molecule is CCOC(C)(OCC)C(=O)NC(C)C. The van der Waals surface area contributed by atoms with Crippen molar-refractivity contribution in [3.63, 3.8) is 0 Å². The van der Waals surface area contributed by atoms with Crippen LogP contribution in [0, 0.1) is 0 Å². The molecule has 0 aromatic rings. The summed E-state index contributed by atoms with van der Waals surface area (Å²) in [6.45, 7) is 9.99. The van der Waals surface area contributed by atoms with Gasteiger partial charge in [0.05, 0.1) is 0 Å². The van der Waals surface area contributed by atoms with Crippen molar-refractivity contribution in [1.82, 2.24) is 5.32 Å². The Morgan fingerprint density at radius 2 is 1.71 bits per heavy atom. The summed E-state index contributed by atoms with van der Waals surface area (Å²) in [4.78, 5) is 11.7. The summed E-state index contributed by atoms with van der Waals surface area (Å²) in [6.07, 6.45) is 0. The average Bonchev–Trinajstić information content (AvgIpc) is 2.03. The van der Waals surface area contributed by atoms with E-state index in [0.29, 0.717) is 13.2 Å². The smallest absolute Gasteiger partial charge is 0.280 e. The van der Waals surface area contributed by atoms with Crippen molar-refractivity contribution in [1.29, 1.82) is 0 Å². The lowest BCUT2D eigenvalue weighted by molar-refractivity contribution is -0.219. The number of carbonyl (C=O) groups excluding carboxylic acids is 1. The van der Waals surface area contributed by atoms with Crippen LogP contribution < -0.4 is 5.32 Å². The standard InChI is InChI=1S/C10H21NO3/c1-6-13-10(5,14-7-2)9(12)11-8(3)4/h8H,6-7H2,1-5H3,(H,11,12). The summed E-state index contributed by atoms with van der Waals surface area (Å²) in [6, 6.07) is 0.0859. The van der Waals surface area contributed by atoms with Gasteiger partial charge in [-0.2, -0.15) is 0 Å². The third-order valence-corrected chi connectivity index (χ3v) is 1.67.